The van der Waals surface area contributed by atoms with Gasteiger partial charge in [0.25, 0.3) is 0 Å². The maximum absolute atomic E-state index is 11.2. The van der Waals surface area contributed by atoms with E-state index in [-0.39, 0.29) is 5.69 Å². The molecule has 1 aromatic carbocycles. The Bertz CT molecular complexity index is 768. The number of H-pyrrole nitrogens is 2. The fraction of sp³-hybridized carbons (Fsp3) is 0.167. The van der Waals surface area contributed by atoms with Crippen molar-refractivity contribution in [1.82, 2.24) is 15.0 Å². The van der Waals surface area contributed by atoms with Crippen molar-refractivity contribution in [2.45, 2.75) is 13.5 Å². The Balaban J connectivity index is 2.15. The van der Waals surface area contributed by atoms with E-state index in [1.807, 2.05) is 25.1 Å². The van der Waals surface area contributed by atoms with Crippen LogP contribution in [0.25, 0.3) is 21.6 Å². The highest BCUT2D eigenvalue weighted by Crippen LogP contribution is 2.28. The molecule has 0 aliphatic carbocycles. The van der Waals surface area contributed by atoms with Crippen molar-refractivity contribution in [3.63, 3.8) is 0 Å². The second-order valence-corrected chi connectivity index (χ2v) is 5.15. The third-order valence-corrected chi connectivity index (χ3v) is 4.07. The highest BCUT2D eigenvalue weighted by Gasteiger charge is 2.09. The Morgan fingerprint density at radius 3 is 2.83 bits per heavy atom. The fourth-order valence-corrected chi connectivity index (χ4v) is 2.84. The van der Waals surface area contributed by atoms with Crippen LogP contribution >= 0.6 is 11.3 Å². The maximum Gasteiger partial charge on any atom is 0.323 e. The lowest BCUT2D eigenvalue weighted by Gasteiger charge is -1.95. The number of thiazole rings is 1. The summed E-state index contributed by atoms with van der Waals surface area (Å²) in [6.07, 6.45) is 0. The van der Waals surface area contributed by atoms with Gasteiger partial charge in [0.2, 0.25) is 0 Å². The van der Waals surface area contributed by atoms with Crippen molar-refractivity contribution in [2.75, 3.05) is 0 Å². The number of nitrogens with two attached hydrogens (primary N) is 1. The van der Waals surface area contributed by atoms with Crippen LogP contribution in [-0.4, -0.2) is 15.0 Å². The molecular formula is C12H12N4OS. The first-order valence-corrected chi connectivity index (χ1v) is 6.38. The quantitative estimate of drug-likeness (QED) is 0.656. The van der Waals surface area contributed by atoms with E-state index in [2.05, 4.69) is 15.0 Å². The maximum atomic E-state index is 11.2. The third-order valence-electron chi connectivity index (χ3n) is 2.84. The van der Waals surface area contributed by atoms with Crippen LogP contribution in [0.5, 0.6) is 0 Å². The van der Waals surface area contributed by atoms with Gasteiger partial charge in [0.15, 0.2) is 0 Å². The molecule has 0 unspecified atom stereocenters. The lowest BCUT2D eigenvalue weighted by atomic mass is 10.2. The van der Waals surface area contributed by atoms with E-state index in [4.69, 9.17) is 5.73 Å². The lowest BCUT2D eigenvalue weighted by Crippen LogP contribution is -1.99. The highest BCUT2D eigenvalue weighted by molar-refractivity contribution is 7.15. The van der Waals surface area contributed by atoms with E-state index in [9.17, 15) is 4.79 Å². The van der Waals surface area contributed by atoms with Gasteiger partial charge in [-0.25, -0.2) is 9.78 Å². The topological polar surface area (TPSA) is 87.6 Å². The Morgan fingerprint density at radius 1 is 1.33 bits per heavy atom. The minimum Gasteiger partial charge on any atom is -0.326 e. The molecular weight excluding hydrogens is 248 g/mol. The largest absolute Gasteiger partial charge is 0.326 e. The number of imidazole rings is 1. The van der Waals surface area contributed by atoms with Crippen LogP contribution in [0, 0.1) is 6.92 Å². The molecule has 3 rings (SSSR count). The summed E-state index contributed by atoms with van der Waals surface area (Å²) < 4.78 is 0. The van der Waals surface area contributed by atoms with E-state index < -0.39 is 0 Å². The van der Waals surface area contributed by atoms with E-state index in [1.54, 1.807) is 11.3 Å². The van der Waals surface area contributed by atoms with Gasteiger partial charge in [-0.15, -0.1) is 11.3 Å². The smallest absolute Gasteiger partial charge is 0.323 e. The lowest BCUT2D eigenvalue weighted by molar-refractivity contribution is 1.06. The molecule has 0 aliphatic rings. The summed E-state index contributed by atoms with van der Waals surface area (Å²) >= 11 is 1.59. The monoisotopic (exact) mass is 260 g/mol. The van der Waals surface area contributed by atoms with Crippen LogP contribution in [0.15, 0.2) is 23.0 Å². The zero-order valence-corrected chi connectivity index (χ0v) is 10.6. The predicted octanol–water partition coefficient (Wildman–Crippen LogP) is 1.75. The third kappa shape index (κ3) is 1.75. The number of hydrogen-bond donors (Lipinski definition) is 3. The van der Waals surface area contributed by atoms with Crippen molar-refractivity contribution in [2.24, 2.45) is 5.73 Å². The molecule has 92 valence electrons. The molecule has 0 saturated heterocycles. The van der Waals surface area contributed by atoms with Gasteiger partial charge in [-0.3, -0.25) is 0 Å². The summed E-state index contributed by atoms with van der Waals surface area (Å²) in [7, 11) is 0. The van der Waals surface area contributed by atoms with E-state index in [0.717, 1.165) is 32.2 Å². The van der Waals surface area contributed by atoms with Gasteiger partial charge in [-0.05, 0) is 25.1 Å². The average molecular weight is 260 g/mol. The molecule has 0 aliphatic heterocycles. The molecule has 0 amide bonds. The van der Waals surface area contributed by atoms with E-state index in [1.165, 1.54) is 0 Å². The van der Waals surface area contributed by atoms with Gasteiger partial charge in [-0.2, -0.15) is 0 Å². The van der Waals surface area contributed by atoms with Crippen LogP contribution in [0.4, 0.5) is 0 Å². The first-order valence-electron chi connectivity index (χ1n) is 5.56. The number of hydrogen-bond acceptors (Lipinski definition) is 4. The Labute approximate surface area is 107 Å². The summed E-state index contributed by atoms with van der Waals surface area (Å²) in [5.74, 6) is 0. The first kappa shape index (κ1) is 11.2. The van der Waals surface area contributed by atoms with Gasteiger partial charge >= 0.3 is 5.69 Å². The highest BCUT2D eigenvalue weighted by atomic mass is 32.1. The van der Waals surface area contributed by atoms with Crippen LogP contribution in [0.3, 0.4) is 0 Å². The number of benzene rings is 1. The fourth-order valence-electron chi connectivity index (χ4n) is 1.91. The van der Waals surface area contributed by atoms with Gasteiger partial charge in [-0.1, -0.05) is 0 Å². The summed E-state index contributed by atoms with van der Waals surface area (Å²) in [6, 6.07) is 5.75. The van der Waals surface area contributed by atoms with E-state index >= 15 is 0 Å². The molecule has 18 heavy (non-hydrogen) atoms. The molecule has 2 heterocycles. The van der Waals surface area contributed by atoms with Crippen molar-refractivity contribution in [3.05, 3.63) is 39.3 Å². The van der Waals surface area contributed by atoms with Crippen LogP contribution in [0.2, 0.25) is 0 Å². The number of aromatic nitrogens is 3. The molecule has 0 fully saturated rings. The summed E-state index contributed by atoms with van der Waals surface area (Å²) in [6.45, 7) is 2.46. The van der Waals surface area contributed by atoms with Gasteiger partial charge in [0.1, 0.15) is 5.01 Å². The summed E-state index contributed by atoms with van der Waals surface area (Å²) in [5.41, 5.74) is 9.02. The molecule has 3 aromatic rings. The molecule has 0 atom stereocenters. The number of aryl methyl sites for hydroxylation is 1. The van der Waals surface area contributed by atoms with E-state index in [0.29, 0.717) is 6.54 Å². The number of nitrogens with one attached hydrogen (secondary N) is 2. The zero-order valence-electron chi connectivity index (χ0n) is 9.78. The van der Waals surface area contributed by atoms with Gasteiger partial charge in [0, 0.05) is 17.0 Å². The number of rotatable bonds is 2. The number of aromatic amines is 2. The molecule has 4 N–H and O–H groups in total. The molecule has 2 aromatic heterocycles. The van der Waals surface area contributed by atoms with Gasteiger partial charge < -0.3 is 15.7 Å². The van der Waals surface area contributed by atoms with Crippen LogP contribution < -0.4 is 11.4 Å². The Kier molecular flexibility index (Phi) is 2.53. The molecule has 6 heteroatoms. The minimum absolute atomic E-state index is 0.194. The molecule has 5 nitrogen and oxygen atoms in total. The van der Waals surface area contributed by atoms with Crippen LogP contribution in [0.1, 0.15) is 10.6 Å². The zero-order chi connectivity index (χ0) is 12.7. The summed E-state index contributed by atoms with van der Waals surface area (Å²) in [5, 5.41) is 0.928. The normalized spacial score (nSPS) is 11.2. The first-order chi connectivity index (χ1) is 8.67. The Hall–Kier alpha value is -1.92. The van der Waals surface area contributed by atoms with Crippen LogP contribution in [-0.2, 0) is 6.54 Å². The predicted molar refractivity (Wildman–Crippen MR) is 72.7 cm³/mol. The minimum atomic E-state index is -0.194. The number of nitrogens with zero attached hydrogens (tertiary/aromatic N) is 1. The Morgan fingerprint density at radius 2 is 2.11 bits per heavy atom. The second kappa shape index (κ2) is 4.08. The molecule has 0 radical (unpaired) electrons. The van der Waals surface area contributed by atoms with Crippen molar-refractivity contribution in [1.29, 1.82) is 0 Å². The molecule has 0 bridgehead atoms. The molecule has 0 saturated carbocycles. The number of fused-ring (bicyclic) bond motifs is 1. The molecule has 0 spiro atoms. The standard InChI is InChI=1S/C12H12N4OS/c1-6-10(5-13)18-11(14-6)7-2-3-8-9(4-7)16-12(17)15-8/h2-4H,5,13H2,1H3,(H2,15,16,17). The van der Waals surface area contributed by atoms with Crippen molar-refractivity contribution in [3.8, 4) is 10.6 Å². The van der Waals surface area contributed by atoms with Gasteiger partial charge in [0.05, 0.1) is 16.7 Å². The van der Waals surface area contributed by atoms with Crippen molar-refractivity contribution >= 4 is 22.4 Å². The van der Waals surface area contributed by atoms with Crippen molar-refractivity contribution < 1.29 is 0 Å². The second-order valence-electron chi connectivity index (χ2n) is 4.07. The summed E-state index contributed by atoms with van der Waals surface area (Å²) in [4.78, 5) is 22.3. The SMILES string of the molecule is Cc1nc(-c2ccc3[nH]c(=O)[nH]c3c2)sc1CN. The average Bonchev–Trinajstić information content (AvgIpc) is 2.89.